The monoisotopic (exact) mass is 382 g/mol. The highest BCUT2D eigenvalue weighted by molar-refractivity contribution is 5.95. The van der Waals surface area contributed by atoms with Crippen molar-refractivity contribution in [3.63, 3.8) is 0 Å². The van der Waals surface area contributed by atoms with Crippen LogP contribution in [0.5, 0.6) is 0 Å². The van der Waals surface area contributed by atoms with E-state index >= 15 is 0 Å². The van der Waals surface area contributed by atoms with Gasteiger partial charge in [0.2, 0.25) is 5.91 Å². The van der Waals surface area contributed by atoms with Gasteiger partial charge in [0.15, 0.2) is 5.82 Å². The summed E-state index contributed by atoms with van der Waals surface area (Å²) in [5.41, 5.74) is 4.41. The van der Waals surface area contributed by atoms with Gasteiger partial charge in [0.05, 0.1) is 36.1 Å². The fraction of sp³-hybridized carbons (Fsp3) is 0.450. The summed E-state index contributed by atoms with van der Waals surface area (Å²) in [4.78, 5) is 22.6. The lowest BCUT2D eigenvalue weighted by molar-refractivity contribution is -0.119. The molecule has 2 aromatic heterocycles. The summed E-state index contributed by atoms with van der Waals surface area (Å²) in [7, 11) is 0. The standard InChI is InChI=1S/C20H26N6O2/c1-3-13(2)20(27)24-17-11-21-25-18(17)19-22-15-5-4-14(10-16(15)23-19)12-26-6-8-28-9-7-26/h4-5,10-11,13H,3,6-9,12H2,1-2H3,(H,21,25)(H,22,23)(H,24,27). The van der Waals surface area contributed by atoms with Crippen LogP contribution in [0, 0.1) is 5.92 Å². The number of fused-ring (bicyclic) bond motifs is 1. The van der Waals surface area contributed by atoms with Gasteiger partial charge in [0.1, 0.15) is 5.69 Å². The van der Waals surface area contributed by atoms with E-state index in [1.165, 1.54) is 5.56 Å². The maximum atomic E-state index is 12.2. The minimum atomic E-state index is -0.0545. The number of aromatic amines is 2. The molecular formula is C20H26N6O2. The number of H-pyrrole nitrogens is 2. The highest BCUT2D eigenvalue weighted by Crippen LogP contribution is 2.26. The zero-order chi connectivity index (χ0) is 19.5. The van der Waals surface area contributed by atoms with Crippen LogP contribution >= 0.6 is 0 Å². The lowest BCUT2D eigenvalue weighted by Gasteiger charge is -2.26. The molecule has 1 fully saturated rings. The third-order valence-electron chi connectivity index (χ3n) is 5.25. The molecule has 3 N–H and O–H groups in total. The van der Waals surface area contributed by atoms with Crippen molar-refractivity contribution < 1.29 is 9.53 Å². The average molecular weight is 382 g/mol. The van der Waals surface area contributed by atoms with E-state index in [2.05, 4.69) is 42.5 Å². The molecule has 3 heterocycles. The molecule has 0 saturated carbocycles. The van der Waals surface area contributed by atoms with Crippen molar-refractivity contribution in [2.24, 2.45) is 5.92 Å². The van der Waals surface area contributed by atoms with Crippen molar-refractivity contribution in [3.8, 4) is 11.5 Å². The van der Waals surface area contributed by atoms with E-state index in [1.54, 1.807) is 6.20 Å². The van der Waals surface area contributed by atoms with Crippen LogP contribution in [0.1, 0.15) is 25.8 Å². The molecular weight excluding hydrogens is 356 g/mol. The highest BCUT2D eigenvalue weighted by atomic mass is 16.5. The second-order valence-corrected chi connectivity index (χ2v) is 7.28. The van der Waals surface area contributed by atoms with Crippen LogP contribution in [0.15, 0.2) is 24.4 Å². The molecule has 1 saturated heterocycles. The fourth-order valence-corrected chi connectivity index (χ4v) is 3.29. The number of hydrogen-bond donors (Lipinski definition) is 3. The van der Waals surface area contributed by atoms with Gasteiger partial charge in [-0.1, -0.05) is 19.9 Å². The Kier molecular flexibility index (Phi) is 5.40. The van der Waals surface area contributed by atoms with Crippen molar-refractivity contribution in [2.45, 2.75) is 26.8 Å². The van der Waals surface area contributed by atoms with E-state index in [1.807, 2.05) is 19.9 Å². The molecule has 0 radical (unpaired) electrons. The number of carbonyl (C=O) groups is 1. The van der Waals surface area contributed by atoms with Crippen LogP contribution in [-0.4, -0.2) is 57.3 Å². The van der Waals surface area contributed by atoms with Crippen molar-refractivity contribution in [1.29, 1.82) is 0 Å². The van der Waals surface area contributed by atoms with Crippen molar-refractivity contribution in [1.82, 2.24) is 25.1 Å². The third-order valence-corrected chi connectivity index (χ3v) is 5.25. The van der Waals surface area contributed by atoms with Gasteiger partial charge in [0, 0.05) is 25.6 Å². The van der Waals surface area contributed by atoms with E-state index in [0.717, 1.165) is 50.3 Å². The molecule has 8 heteroatoms. The summed E-state index contributed by atoms with van der Waals surface area (Å²) in [5.74, 6) is 0.589. The Morgan fingerprint density at radius 3 is 2.96 bits per heavy atom. The van der Waals surface area contributed by atoms with Crippen LogP contribution in [0.3, 0.4) is 0 Å². The Morgan fingerprint density at radius 2 is 2.18 bits per heavy atom. The van der Waals surface area contributed by atoms with Crippen molar-refractivity contribution in [2.75, 3.05) is 31.6 Å². The number of benzene rings is 1. The molecule has 28 heavy (non-hydrogen) atoms. The van der Waals surface area contributed by atoms with Gasteiger partial charge in [-0.25, -0.2) is 4.98 Å². The summed E-state index contributed by atoms with van der Waals surface area (Å²) in [6.45, 7) is 8.30. The van der Waals surface area contributed by atoms with Crippen LogP contribution in [0.4, 0.5) is 5.69 Å². The Hall–Kier alpha value is -2.71. The largest absolute Gasteiger partial charge is 0.379 e. The first-order valence-electron chi connectivity index (χ1n) is 9.77. The number of carbonyl (C=O) groups excluding carboxylic acids is 1. The second-order valence-electron chi connectivity index (χ2n) is 7.28. The number of hydrogen-bond acceptors (Lipinski definition) is 5. The molecule has 1 atom stereocenters. The SMILES string of the molecule is CCC(C)C(=O)Nc1cn[nH]c1-c1nc2ccc(CN3CCOCC3)cc2[nH]1. The molecule has 148 valence electrons. The number of amides is 1. The molecule has 1 aromatic carbocycles. The average Bonchev–Trinajstić information content (AvgIpc) is 3.34. The van der Waals surface area contributed by atoms with E-state index in [4.69, 9.17) is 4.74 Å². The number of ether oxygens (including phenoxy) is 1. The molecule has 1 aliphatic rings. The molecule has 3 aromatic rings. The van der Waals surface area contributed by atoms with E-state index in [9.17, 15) is 4.79 Å². The van der Waals surface area contributed by atoms with Crippen molar-refractivity contribution >= 4 is 22.6 Å². The van der Waals surface area contributed by atoms with Crippen LogP contribution < -0.4 is 5.32 Å². The number of anilines is 1. The zero-order valence-corrected chi connectivity index (χ0v) is 16.3. The Bertz CT molecular complexity index is 957. The number of nitrogens with zero attached hydrogens (tertiary/aromatic N) is 3. The molecule has 1 amide bonds. The fourth-order valence-electron chi connectivity index (χ4n) is 3.29. The zero-order valence-electron chi connectivity index (χ0n) is 16.3. The summed E-state index contributed by atoms with van der Waals surface area (Å²) in [5, 5.41) is 9.97. The summed E-state index contributed by atoms with van der Waals surface area (Å²) >= 11 is 0. The molecule has 0 bridgehead atoms. The maximum absolute atomic E-state index is 12.2. The van der Waals surface area contributed by atoms with E-state index < -0.39 is 0 Å². The molecule has 0 spiro atoms. The van der Waals surface area contributed by atoms with Gasteiger partial charge in [-0.2, -0.15) is 5.10 Å². The molecule has 4 rings (SSSR count). The van der Waals surface area contributed by atoms with Gasteiger partial charge in [-0.05, 0) is 24.1 Å². The summed E-state index contributed by atoms with van der Waals surface area (Å²) in [6.07, 6.45) is 2.40. The first-order valence-corrected chi connectivity index (χ1v) is 9.77. The lowest BCUT2D eigenvalue weighted by Crippen LogP contribution is -2.35. The third kappa shape index (κ3) is 3.93. The van der Waals surface area contributed by atoms with Crippen molar-refractivity contribution in [3.05, 3.63) is 30.0 Å². The summed E-state index contributed by atoms with van der Waals surface area (Å²) < 4.78 is 5.42. The smallest absolute Gasteiger partial charge is 0.227 e. The van der Waals surface area contributed by atoms with E-state index in [0.29, 0.717) is 17.2 Å². The second kappa shape index (κ2) is 8.12. The van der Waals surface area contributed by atoms with Crippen LogP contribution in [-0.2, 0) is 16.1 Å². The number of morpholine rings is 1. The normalized spacial score (nSPS) is 16.4. The minimum Gasteiger partial charge on any atom is -0.379 e. The van der Waals surface area contributed by atoms with E-state index in [-0.39, 0.29) is 11.8 Å². The van der Waals surface area contributed by atoms with Crippen LogP contribution in [0.25, 0.3) is 22.6 Å². The first-order chi connectivity index (χ1) is 13.6. The number of imidazole rings is 1. The first kappa shape index (κ1) is 18.6. The molecule has 8 nitrogen and oxygen atoms in total. The predicted octanol–water partition coefficient (Wildman–Crippen LogP) is 2.77. The van der Waals surface area contributed by atoms with Gasteiger partial charge in [0.25, 0.3) is 0 Å². The highest BCUT2D eigenvalue weighted by Gasteiger charge is 2.17. The molecule has 1 unspecified atom stereocenters. The molecule has 0 aliphatic carbocycles. The quantitative estimate of drug-likeness (QED) is 0.609. The van der Waals surface area contributed by atoms with Gasteiger partial charge >= 0.3 is 0 Å². The summed E-state index contributed by atoms with van der Waals surface area (Å²) in [6, 6.07) is 6.27. The number of rotatable bonds is 6. The molecule has 1 aliphatic heterocycles. The predicted molar refractivity (Wildman–Crippen MR) is 108 cm³/mol. The number of aromatic nitrogens is 4. The van der Waals surface area contributed by atoms with Gasteiger partial charge in [-0.3, -0.25) is 14.8 Å². The van der Waals surface area contributed by atoms with Crippen LogP contribution in [0.2, 0.25) is 0 Å². The maximum Gasteiger partial charge on any atom is 0.227 e. The van der Waals surface area contributed by atoms with Gasteiger partial charge < -0.3 is 15.0 Å². The topological polar surface area (TPSA) is 98.9 Å². The number of nitrogens with one attached hydrogen (secondary N) is 3. The lowest BCUT2D eigenvalue weighted by atomic mass is 10.1. The Balaban J connectivity index is 1.55. The Morgan fingerprint density at radius 1 is 1.36 bits per heavy atom. The minimum absolute atomic E-state index is 0.0194. The van der Waals surface area contributed by atoms with Gasteiger partial charge in [-0.15, -0.1) is 0 Å². The Labute approximate surface area is 163 Å².